The summed E-state index contributed by atoms with van der Waals surface area (Å²) in [5.74, 6) is -0.165. The number of nitrogens with one attached hydrogen (secondary N) is 1. The highest BCUT2D eigenvalue weighted by Gasteiger charge is 2.12. The monoisotopic (exact) mass is 257 g/mol. The number of hydrogen-bond acceptors (Lipinski definition) is 4. The molecule has 1 unspecified atom stereocenters. The lowest BCUT2D eigenvalue weighted by molar-refractivity contribution is 0.0940. The fraction of sp³-hybridized carbons (Fsp3) is 0.154. The van der Waals surface area contributed by atoms with Gasteiger partial charge in [0, 0.05) is 17.1 Å². The van der Waals surface area contributed by atoms with E-state index in [1.165, 1.54) is 11.3 Å². The van der Waals surface area contributed by atoms with Gasteiger partial charge in [-0.15, -0.1) is 11.3 Å². The van der Waals surface area contributed by atoms with Crippen LogP contribution in [0.3, 0.4) is 0 Å². The zero-order valence-electron chi connectivity index (χ0n) is 9.75. The quantitative estimate of drug-likeness (QED) is 0.918. The summed E-state index contributed by atoms with van der Waals surface area (Å²) in [5, 5.41) is 14.3. The average molecular weight is 257 g/mol. The van der Waals surface area contributed by atoms with Gasteiger partial charge in [-0.05, 0) is 31.2 Å². The molecule has 0 saturated carbocycles. The highest BCUT2D eigenvalue weighted by atomic mass is 32.1. The van der Waals surface area contributed by atoms with Crippen LogP contribution in [0.4, 0.5) is 0 Å². The Bertz CT molecular complexity index is 569. The zero-order valence-corrected chi connectivity index (χ0v) is 10.6. The smallest absolute Gasteiger partial charge is 0.251 e. The van der Waals surface area contributed by atoms with Crippen molar-refractivity contribution in [1.29, 1.82) is 5.26 Å². The zero-order chi connectivity index (χ0) is 13.0. The van der Waals surface area contributed by atoms with Gasteiger partial charge in [0.2, 0.25) is 0 Å². The van der Waals surface area contributed by atoms with Gasteiger partial charge in [-0.1, -0.05) is 0 Å². The maximum absolute atomic E-state index is 11.9. The number of nitrogens with zero attached hydrogens (tertiary/aromatic N) is 2. The van der Waals surface area contributed by atoms with Crippen LogP contribution in [0.1, 0.15) is 33.9 Å². The molecule has 18 heavy (non-hydrogen) atoms. The number of benzene rings is 1. The second-order valence-electron chi connectivity index (χ2n) is 3.75. The molecule has 1 heterocycles. The van der Waals surface area contributed by atoms with Crippen LogP contribution in [-0.2, 0) is 0 Å². The second kappa shape index (κ2) is 5.43. The highest BCUT2D eigenvalue weighted by Crippen LogP contribution is 2.15. The van der Waals surface area contributed by atoms with Gasteiger partial charge in [-0.25, -0.2) is 4.98 Å². The van der Waals surface area contributed by atoms with Gasteiger partial charge in [0.1, 0.15) is 5.01 Å². The Balaban J connectivity index is 2.05. The first-order chi connectivity index (χ1) is 8.70. The molecule has 0 aliphatic heterocycles. The third kappa shape index (κ3) is 2.73. The molecule has 0 spiro atoms. The Hall–Kier alpha value is -2.19. The number of amides is 1. The van der Waals surface area contributed by atoms with Crippen LogP contribution in [-0.4, -0.2) is 10.9 Å². The number of nitriles is 1. The molecular formula is C13H11N3OS. The largest absolute Gasteiger partial charge is 0.343 e. The van der Waals surface area contributed by atoms with E-state index >= 15 is 0 Å². The van der Waals surface area contributed by atoms with Crippen molar-refractivity contribution < 1.29 is 4.79 Å². The van der Waals surface area contributed by atoms with Gasteiger partial charge < -0.3 is 5.32 Å². The van der Waals surface area contributed by atoms with E-state index in [0.717, 1.165) is 5.01 Å². The maximum Gasteiger partial charge on any atom is 0.251 e. The predicted molar refractivity (Wildman–Crippen MR) is 69.2 cm³/mol. The van der Waals surface area contributed by atoms with E-state index in [2.05, 4.69) is 10.3 Å². The molecule has 2 rings (SSSR count). The first-order valence-electron chi connectivity index (χ1n) is 5.41. The van der Waals surface area contributed by atoms with E-state index in [1.807, 2.05) is 18.4 Å². The summed E-state index contributed by atoms with van der Waals surface area (Å²) in [7, 11) is 0. The number of carbonyl (C=O) groups is 1. The molecule has 0 bridgehead atoms. The van der Waals surface area contributed by atoms with Crippen molar-refractivity contribution >= 4 is 17.2 Å². The van der Waals surface area contributed by atoms with Crippen LogP contribution >= 0.6 is 11.3 Å². The highest BCUT2D eigenvalue weighted by molar-refractivity contribution is 7.09. The Labute approximate surface area is 109 Å². The van der Waals surface area contributed by atoms with E-state index in [9.17, 15) is 4.79 Å². The van der Waals surface area contributed by atoms with Crippen LogP contribution in [0.15, 0.2) is 35.8 Å². The lowest BCUT2D eigenvalue weighted by Crippen LogP contribution is -2.26. The third-order valence-electron chi connectivity index (χ3n) is 2.45. The SMILES string of the molecule is CC(NC(=O)c1ccc(C#N)cc1)c1nccs1. The van der Waals surface area contributed by atoms with E-state index in [4.69, 9.17) is 5.26 Å². The van der Waals surface area contributed by atoms with Crippen LogP contribution in [0.2, 0.25) is 0 Å². The number of thiazole rings is 1. The van der Waals surface area contributed by atoms with Crippen LogP contribution in [0.5, 0.6) is 0 Å². The fourth-order valence-corrected chi connectivity index (χ4v) is 2.13. The molecular weight excluding hydrogens is 246 g/mol. The molecule has 1 atom stereocenters. The lowest BCUT2D eigenvalue weighted by atomic mass is 10.1. The molecule has 1 N–H and O–H groups in total. The summed E-state index contributed by atoms with van der Waals surface area (Å²) in [5.41, 5.74) is 1.08. The molecule has 1 amide bonds. The molecule has 0 saturated heterocycles. The van der Waals surface area contributed by atoms with Gasteiger partial charge in [0.15, 0.2) is 0 Å². The lowest BCUT2D eigenvalue weighted by Gasteiger charge is -2.11. The Morgan fingerprint density at radius 1 is 1.44 bits per heavy atom. The standard InChI is InChI=1S/C13H11N3OS/c1-9(13-15-6-7-18-13)16-12(17)11-4-2-10(8-14)3-5-11/h2-7,9H,1H3,(H,16,17). The summed E-state index contributed by atoms with van der Waals surface area (Å²) in [6.45, 7) is 1.89. The van der Waals surface area contributed by atoms with Crippen molar-refractivity contribution in [3.05, 3.63) is 52.0 Å². The van der Waals surface area contributed by atoms with Crippen molar-refractivity contribution in [1.82, 2.24) is 10.3 Å². The molecule has 4 nitrogen and oxygen atoms in total. The number of rotatable bonds is 3. The molecule has 1 aromatic heterocycles. The van der Waals surface area contributed by atoms with Gasteiger partial charge >= 0.3 is 0 Å². The number of aromatic nitrogens is 1. The molecule has 0 aliphatic rings. The Morgan fingerprint density at radius 3 is 2.72 bits per heavy atom. The first-order valence-corrected chi connectivity index (χ1v) is 6.29. The van der Waals surface area contributed by atoms with E-state index in [-0.39, 0.29) is 11.9 Å². The van der Waals surface area contributed by atoms with Gasteiger partial charge in [0.05, 0.1) is 17.7 Å². The van der Waals surface area contributed by atoms with Gasteiger partial charge in [-0.3, -0.25) is 4.79 Å². The minimum atomic E-state index is -0.165. The topological polar surface area (TPSA) is 65.8 Å². The Morgan fingerprint density at radius 2 is 2.17 bits per heavy atom. The van der Waals surface area contributed by atoms with Gasteiger partial charge in [-0.2, -0.15) is 5.26 Å². The summed E-state index contributed by atoms with van der Waals surface area (Å²) in [4.78, 5) is 16.1. The minimum Gasteiger partial charge on any atom is -0.343 e. The summed E-state index contributed by atoms with van der Waals surface area (Å²) in [6, 6.07) is 8.44. The van der Waals surface area contributed by atoms with Crippen molar-refractivity contribution in [2.45, 2.75) is 13.0 Å². The average Bonchev–Trinajstić information content (AvgIpc) is 2.92. The van der Waals surface area contributed by atoms with E-state index in [0.29, 0.717) is 11.1 Å². The number of hydrogen-bond donors (Lipinski definition) is 1. The summed E-state index contributed by atoms with van der Waals surface area (Å²) < 4.78 is 0. The van der Waals surface area contributed by atoms with Crippen molar-refractivity contribution in [3.63, 3.8) is 0 Å². The van der Waals surface area contributed by atoms with Gasteiger partial charge in [0.25, 0.3) is 5.91 Å². The van der Waals surface area contributed by atoms with Crippen LogP contribution in [0, 0.1) is 11.3 Å². The van der Waals surface area contributed by atoms with Crippen molar-refractivity contribution in [2.75, 3.05) is 0 Å². The molecule has 5 heteroatoms. The minimum absolute atomic E-state index is 0.117. The molecule has 0 radical (unpaired) electrons. The molecule has 0 fully saturated rings. The third-order valence-corrected chi connectivity index (χ3v) is 3.40. The maximum atomic E-state index is 11.9. The Kier molecular flexibility index (Phi) is 3.70. The summed E-state index contributed by atoms with van der Waals surface area (Å²) in [6.07, 6.45) is 1.71. The van der Waals surface area contributed by atoms with Crippen LogP contribution in [0.25, 0.3) is 0 Å². The molecule has 2 aromatic rings. The fourth-order valence-electron chi connectivity index (χ4n) is 1.49. The van der Waals surface area contributed by atoms with Crippen LogP contribution < -0.4 is 5.32 Å². The second-order valence-corrected chi connectivity index (χ2v) is 4.68. The van der Waals surface area contributed by atoms with E-state index in [1.54, 1.807) is 30.5 Å². The molecule has 90 valence electrons. The molecule has 1 aromatic carbocycles. The normalized spacial score (nSPS) is 11.6. The summed E-state index contributed by atoms with van der Waals surface area (Å²) >= 11 is 1.51. The first kappa shape index (κ1) is 12.3. The number of carbonyl (C=O) groups excluding carboxylic acids is 1. The predicted octanol–water partition coefficient (Wildman–Crippen LogP) is 2.51. The van der Waals surface area contributed by atoms with Crippen molar-refractivity contribution in [3.8, 4) is 6.07 Å². The molecule has 0 aliphatic carbocycles. The van der Waals surface area contributed by atoms with Crippen molar-refractivity contribution in [2.24, 2.45) is 0 Å². The van der Waals surface area contributed by atoms with E-state index < -0.39 is 0 Å².